The summed E-state index contributed by atoms with van der Waals surface area (Å²) in [6.45, 7) is 13.4. The summed E-state index contributed by atoms with van der Waals surface area (Å²) in [6, 6.07) is 0.453. The SMILES string of the molecule is CC(C)C1NC(C(C)C)N(C2CCC(C)C(C)C2)C1=O. The third-order valence-electron chi connectivity index (χ3n) is 5.43. The van der Waals surface area contributed by atoms with E-state index in [2.05, 4.69) is 51.8 Å². The molecule has 1 saturated carbocycles. The number of hydrogen-bond donors (Lipinski definition) is 1. The van der Waals surface area contributed by atoms with Gasteiger partial charge >= 0.3 is 0 Å². The predicted octanol–water partition coefficient (Wildman–Crippen LogP) is 3.25. The fourth-order valence-electron chi connectivity index (χ4n) is 3.80. The molecule has 0 spiro atoms. The Morgan fingerprint density at radius 3 is 2.20 bits per heavy atom. The van der Waals surface area contributed by atoms with Crippen LogP contribution in [0.3, 0.4) is 0 Å². The minimum atomic E-state index is 0.0112. The van der Waals surface area contributed by atoms with Crippen LogP contribution in [0.5, 0.6) is 0 Å². The Balaban J connectivity index is 2.16. The number of nitrogens with one attached hydrogen (secondary N) is 1. The maximum absolute atomic E-state index is 12.8. The van der Waals surface area contributed by atoms with E-state index in [4.69, 9.17) is 0 Å². The topological polar surface area (TPSA) is 32.3 Å². The molecule has 1 saturated heterocycles. The molecule has 0 aromatic carbocycles. The van der Waals surface area contributed by atoms with Gasteiger partial charge in [0.05, 0.1) is 12.2 Å². The van der Waals surface area contributed by atoms with Gasteiger partial charge in [-0.1, -0.05) is 41.5 Å². The third-order valence-corrected chi connectivity index (χ3v) is 5.43. The fraction of sp³-hybridized carbons (Fsp3) is 0.941. The quantitative estimate of drug-likeness (QED) is 0.860. The van der Waals surface area contributed by atoms with Crippen LogP contribution in [0.1, 0.15) is 60.8 Å². The zero-order chi connectivity index (χ0) is 15.0. The zero-order valence-electron chi connectivity index (χ0n) is 14.0. The fourth-order valence-corrected chi connectivity index (χ4v) is 3.80. The van der Waals surface area contributed by atoms with Crippen molar-refractivity contribution in [3.8, 4) is 0 Å². The molecule has 3 heteroatoms. The monoisotopic (exact) mass is 280 g/mol. The van der Waals surface area contributed by atoms with Crippen LogP contribution in [-0.4, -0.2) is 29.1 Å². The molecule has 1 aliphatic heterocycles. The molecular formula is C17H32N2O. The van der Waals surface area contributed by atoms with Crippen molar-refractivity contribution >= 4 is 5.91 Å². The van der Waals surface area contributed by atoms with Crippen LogP contribution in [0, 0.1) is 23.7 Å². The molecule has 2 fully saturated rings. The first kappa shape index (κ1) is 15.8. The Morgan fingerprint density at radius 2 is 1.70 bits per heavy atom. The summed E-state index contributed by atoms with van der Waals surface area (Å²) in [5.74, 6) is 2.71. The molecule has 1 aliphatic carbocycles. The lowest BCUT2D eigenvalue weighted by atomic mass is 9.78. The Kier molecular flexibility index (Phi) is 4.78. The van der Waals surface area contributed by atoms with Crippen molar-refractivity contribution in [3.05, 3.63) is 0 Å². The smallest absolute Gasteiger partial charge is 0.241 e. The van der Waals surface area contributed by atoms with E-state index in [0.717, 1.165) is 11.8 Å². The average Bonchev–Trinajstić information content (AvgIpc) is 2.71. The first-order valence-corrected chi connectivity index (χ1v) is 8.41. The van der Waals surface area contributed by atoms with Crippen molar-refractivity contribution in [2.45, 2.75) is 79.1 Å². The van der Waals surface area contributed by atoms with Gasteiger partial charge in [-0.15, -0.1) is 0 Å². The highest BCUT2D eigenvalue weighted by Crippen LogP contribution is 2.35. The minimum Gasteiger partial charge on any atom is -0.323 e. The molecule has 0 bridgehead atoms. The van der Waals surface area contributed by atoms with Gasteiger partial charge in [0, 0.05) is 6.04 Å². The summed E-state index contributed by atoms with van der Waals surface area (Å²) in [7, 11) is 0. The standard InChI is InChI=1S/C17H32N2O/c1-10(2)15-17(20)19(16(18-15)11(3)4)14-8-7-12(5)13(6)9-14/h10-16,18H,7-9H2,1-6H3. The van der Waals surface area contributed by atoms with E-state index in [0.29, 0.717) is 23.8 Å². The molecule has 20 heavy (non-hydrogen) atoms. The second-order valence-electron chi connectivity index (χ2n) is 7.74. The molecule has 5 unspecified atom stereocenters. The molecule has 0 radical (unpaired) electrons. The van der Waals surface area contributed by atoms with Crippen molar-refractivity contribution in [2.75, 3.05) is 0 Å². The summed E-state index contributed by atoms with van der Waals surface area (Å²) < 4.78 is 0. The number of amides is 1. The van der Waals surface area contributed by atoms with Crippen molar-refractivity contribution in [2.24, 2.45) is 23.7 Å². The van der Waals surface area contributed by atoms with E-state index >= 15 is 0 Å². The number of carbonyl (C=O) groups excluding carboxylic acids is 1. The molecule has 1 amide bonds. The number of hydrogen-bond acceptors (Lipinski definition) is 2. The van der Waals surface area contributed by atoms with E-state index in [1.807, 2.05) is 0 Å². The van der Waals surface area contributed by atoms with Gasteiger partial charge in [-0.3, -0.25) is 10.1 Å². The molecule has 5 atom stereocenters. The molecule has 3 nitrogen and oxygen atoms in total. The van der Waals surface area contributed by atoms with Crippen molar-refractivity contribution < 1.29 is 4.79 Å². The van der Waals surface area contributed by atoms with Crippen LogP contribution >= 0.6 is 0 Å². The molecule has 0 aromatic heterocycles. The van der Waals surface area contributed by atoms with Gasteiger partial charge in [0.15, 0.2) is 0 Å². The first-order valence-electron chi connectivity index (χ1n) is 8.41. The largest absolute Gasteiger partial charge is 0.323 e. The normalized spacial score (nSPS) is 39.1. The second kappa shape index (κ2) is 6.05. The van der Waals surface area contributed by atoms with Crippen molar-refractivity contribution in [3.63, 3.8) is 0 Å². The second-order valence-corrected chi connectivity index (χ2v) is 7.74. The number of rotatable bonds is 3. The molecule has 2 rings (SSSR count). The first-order chi connectivity index (χ1) is 9.32. The summed E-state index contributed by atoms with van der Waals surface area (Å²) in [5.41, 5.74) is 0. The predicted molar refractivity (Wildman–Crippen MR) is 83.2 cm³/mol. The van der Waals surface area contributed by atoms with Crippen LogP contribution in [0.4, 0.5) is 0 Å². The molecule has 1 N–H and O–H groups in total. The Labute approximate surface area is 124 Å². The van der Waals surface area contributed by atoms with Crippen LogP contribution in [-0.2, 0) is 4.79 Å². The highest BCUT2D eigenvalue weighted by Gasteiger charge is 2.45. The van der Waals surface area contributed by atoms with Gasteiger partial charge in [-0.2, -0.15) is 0 Å². The number of nitrogens with zero attached hydrogens (tertiary/aromatic N) is 1. The minimum absolute atomic E-state index is 0.0112. The van der Waals surface area contributed by atoms with Gasteiger partial charge in [-0.05, 0) is 42.9 Å². The van der Waals surface area contributed by atoms with Gasteiger partial charge < -0.3 is 4.90 Å². The maximum atomic E-state index is 12.8. The van der Waals surface area contributed by atoms with Crippen LogP contribution in [0.15, 0.2) is 0 Å². The van der Waals surface area contributed by atoms with Crippen molar-refractivity contribution in [1.82, 2.24) is 10.2 Å². The van der Waals surface area contributed by atoms with Crippen LogP contribution < -0.4 is 5.32 Å². The lowest BCUT2D eigenvalue weighted by molar-refractivity contribution is -0.134. The molecular weight excluding hydrogens is 248 g/mol. The molecule has 0 aromatic rings. The summed E-state index contributed by atoms with van der Waals surface area (Å²) in [4.78, 5) is 15.0. The lowest BCUT2D eigenvalue weighted by Gasteiger charge is -2.41. The lowest BCUT2D eigenvalue weighted by Crippen LogP contribution is -2.49. The molecule has 116 valence electrons. The number of carbonyl (C=O) groups is 1. The maximum Gasteiger partial charge on any atom is 0.241 e. The van der Waals surface area contributed by atoms with E-state index in [1.165, 1.54) is 19.3 Å². The van der Waals surface area contributed by atoms with Crippen LogP contribution in [0.25, 0.3) is 0 Å². The van der Waals surface area contributed by atoms with E-state index in [9.17, 15) is 4.79 Å². The molecule has 2 aliphatic rings. The van der Waals surface area contributed by atoms with Crippen LogP contribution in [0.2, 0.25) is 0 Å². The van der Waals surface area contributed by atoms with Gasteiger partial charge in [0.1, 0.15) is 0 Å². The van der Waals surface area contributed by atoms with Crippen molar-refractivity contribution in [1.29, 1.82) is 0 Å². The van der Waals surface area contributed by atoms with Gasteiger partial charge in [0.2, 0.25) is 5.91 Å². The van der Waals surface area contributed by atoms with Gasteiger partial charge in [-0.25, -0.2) is 0 Å². The highest BCUT2D eigenvalue weighted by molar-refractivity contribution is 5.85. The zero-order valence-corrected chi connectivity index (χ0v) is 14.0. The average molecular weight is 280 g/mol. The highest BCUT2D eigenvalue weighted by atomic mass is 16.2. The van der Waals surface area contributed by atoms with E-state index < -0.39 is 0 Å². The summed E-state index contributed by atoms with van der Waals surface area (Å²) >= 11 is 0. The Hall–Kier alpha value is -0.570. The third kappa shape index (κ3) is 2.88. The Bertz CT molecular complexity index is 353. The molecule has 1 heterocycles. The van der Waals surface area contributed by atoms with E-state index in [1.54, 1.807) is 0 Å². The summed E-state index contributed by atoms with van der Waals surface area (Å²) in [6.07, 6.45) is 3.82. The van der Waals surface area contributed by atoms with Gasteiger partial charge in [0.25, 0.3) is 0 Å². The summed E-state index contributed by atoms with van der Waals surface area (Å²) in [5, 5.41) is 3.59. The Morgan fingerprint density at radius 1 is 1.05 bits per heavy atom. The van der Waals surface area contributed by atoms with E-state index in [-0.39, 0.29) is 12.2 Å².